The maximum absolute atomic E-state index is 12.4. The Balaban J connectivity index is 1.54. The van der Waals surface area contributed by atoms with Crippen LogP contribution in [0, 0.1) is 19.8 Å². The van der Waals surface area contributed by atoms with Crippen molar-refractivity contribution in [1.29, 1.82) is 0 Å². The monoisotopic (exact) mass is 472 g/mol. The van der Waals surface area contributed by atoms with E-state index < -0.39 is 17.8 Å². The Morgan fingerprint density at radius 2 is 1.83 bits per heavy atom. The Labute approximate surface area is 184 Å². The molecular weight excluding hydrogens is 448 g/mol. The molecule has 0 saturated carbocycles. The molecule has 158 valence electrons. The van der Waals surface area contributed by atoms with E-state index in [1.54, 1.807) is 11.0 Å². The second kappa shape index (κ2) is 9.43. The number of amides is 2. The van der Waals surface area contributed by atoms with Crippen LogP contribution in [0.5, 0.6) is 0 Å². The summed E-state index contributed by atoms with van der Waals surface area (Å²) in [6.07, 6.45) is 1.01. The molecule has 1 saturated heterocycles. The SMILES string of the molecule is CCc1ccc(N2C[C@@H](C(=O)OCC(=O)Nc3ccc(Br)c(C)c3C)CC2=O)cc1. The predicted molar refractivity (Wildman–Crippen MR) is 119 cm³/mol. The number of nitrogens with one attached hydrogen (secondary N) is 1. The highest BCUT2D eigenvalue weighted by Crippen LogP contribution is 2.27. The van der Waals surface area contributed by atoms with Crippen molar-refractivity contribution in [2.75, 3.05) is 23.4 Å². The minimum Gasteiger partial charge on any atom is -0.455 e. The Bertz CT molecular complexity index is 972. The standard InChI is InChI=1S/C23H25BrN2O4/c1-4-16-5-7-18(8-6-16)26-12-17(11-22(26)28)23(29)30-13-21(27)25-20-10-9-19(24)14(2)15(20)3/h5-10,17H,4,11-13H2,1-3H3,(H,25,27)/t17-/m0/s1. The molecule has 7 heteroatoms. The summed E-state index contributed by atoms with van der Waals surface area (Å²) in [5.41, 5.74) is 4.60. The fraction of sp³-hybridized carbons (Fsp3) is 0.348. The van der Waals surface area contributed by atoms with Gasteiger partial charge >= 0.3 is 5.97 Å². The van der Waals surface area contributed by atoms with Crippen molar-refractivity contribution in [2.45, 2.75) is 33.6 Å². The van der Waals surface area contributed by atoms with Crippen LogP contribution >= 0.6 is 15.9 Å². The number of rotatable bonds is 6. The molecular formula is C23H25BrN2O4. The van der Waals surface area contributed by atoms with Gasteiger partial charge in [0.1, 0.15) is 0 Å². The van der Waals surface area contributed by atoms with E-state index in [0.717, 1.165) is 27.7 Å². The maximum Gasteiger partial charge on any atom is 0.311 e. The van der Waals surface area contributed by atoms with Gasteiger partial charge in [-0.2, -0.15) is 0 Å². The van der Waals surface area contributed by atoms with E-state index in [2.05, 4.69) is 28.2 Å². The van der Waals surface area contributed by atoms with Crippen molar-refractivity contribution >= 4 is 45.1 Å². The molecule has 0 spiro atoms. The van der Waals surface area contributed by atoms with Crippen LogP contribution in [-0.4, -0.2) is 30.9 Å². The van der Waals surface area contributed by atoms with Crippen LogP contribution in [-0.2, 0) is 25.5 Å². The van der Waals surface area contributed by atoms with E-state index in [1.807, 2.05) is 44.2 Å². The summed E-state index contributed by atoms with van der Waals surface area (Å²) in [6.45, 7) is 5.80. The lowest BCUT2D eigenvalue weighted by Crippen LogP contribution is -2.28. The van der Waals surface area contributed by atoms with E-state index in [0.29, 0.717) is 5.69 Å². The number of ether oxygens (including phenoxy) is 1. The molecule has 3 rings (SSSR count). The second-order valence-corrected chi connectivity index (χ2v) is 8.28. The van der Waals surface area contributed by atoms with Crippen LogP contribution in [0.3, 0.4) is 0 Å². The normalized spacial score (nSPS) is 15.9. The second-order valence-electron chi connectivity index (χ2n) is 7.43. The highest BCUT2D eigenvalue weighted by Gasteiger charge is 2.36. The molecule has 2 aromatic carbocycles. The average Bonchev–Trinajstić information content (AvgIpc) is 3.14. The van der Waals surface area contributed by atoms with Crippen LogP contribution in [0.2, 0.25) is 0 Å². The van der Waals surface area contributed by atoms with Crippen molar-refractivity contribution < 1.29 is 19.1 Å². The largest absolute Gasteiger partial charge is 0.455 e. The number of carbonyl (C=O) groups excluding carboxylic acids is 3. The van der Waals surface area contributed by atoms with Gasteiger partial charge in [-0.15, -0.1) is 0 Å². The number of benzene rings is 2. The Morgan fingerprint density at radius 1 is 1.13 bits per heavy atom. The van der Waals surface area contributed by atoms with Crippen LogP contribution in [0.4, 0.5) is 11.4 Å². The Kier molecular flexibility index (Phi) is 6.92. The van der Waals surface area contributed by atoms with E-state index in [1.165, 1.54) is 5.56 Å². The number of hydrogen-bond donors (Lipinski definition) is 1. The molecule has 0 bridgehead atoms. The molecule has 0 unspecified atom stereocenters. The predicted octanol–water partition coefficient (Wildman–Crippen LogP) is 4.16. The zero-order valence-electron chi connectivity index (χ0n) is 17.3. The molecule has 1 N–H and O–H groups in total. The smallest absolute Gasteiger partial charge is 0.311 e. The molecule has 30 heavy (non-hydrogen) atoms. The third-order valence-electron chi connectivity index (χ3n) is 5.46. The summed E-state index contributed by atoms with van der Waals surface area (Å²) in [7, 11) is 0. The number of carbonyl (C=O) groups is 3. The zero-order chi connectivity index (χ0) is 21.8. The topological polar surface area (TPSA) is 75.7 Å². The molecule has 1 fully saturated rings. The van der Waals surface area contributed by atoms with Crippen molar-refractivity contribution in [1.82, 2.24) is 0 Å². The summed E-state index contributed by atoms with van der Waals surface area (Å²) in [6, 6.07) is 11.4. The maximum atomic E-state index is 12.4. The van der Waals surface area contributed by atoms with Gasteiger partial charge in [0.05, 0.1) is 5.92 Å². The Hall–Kier alpha value is -2.67. The lowest BCUT2D eigenvalue weighted by Gasteiger charge is -2.17. The molecule has 0 aromatic heterocycles. The van der Waals surface area contributed by atoms with Crippen LogP contribution in [0.15, 0.2) is 40.9 Å². The molecule has 1 atom stereocenters. The van der Waals surface area contributed by atoms with Gasteiger partial charge in [0, 0.05) is 28.8 Å². The van der Waals surface area contributed by atoms with Crippen molar-refractivity contribution in [2.24, 2.45) is 5.92 Å². The van der Waals surface area contributed by atoms with Gasteiger partial charge in [-0.05, 0) is 61.2 Å². The van der Waals surface area contributed by atoms with E-state index in [9.17, 15) is 14.4 Å². The summed E-state index contributed by atoms with van der Waals surface area (Å²) >= 11 is 3.45. The first-order valence-electron chi connectivity index (χ1n) is 9.91. The minimum absolute atomic E-state index is 0.0843. The summed E-state index contributed by atoms with van der Waals surface area (Å²) in [5, 5.41) is 2.76. The fourth-order valence-electron chi connectivity index (χ4n) is 3.39. The van der Waals surface area contributed by atoms with E-state index in [4.69, 9.17) is 4.74 Å². The zero-order valence-corrected chi connectivity index (χ0v) is 18.9. The molecule has 1 heterocycles. The van der Waals surface area contributed by atoms with Gasteiger partial charge in [-0.25, -0.2) is 0 Å². The first kappa shape index (κ1) is 22.0. The van der Waals surface area contributed by atoms with Gasteiger partial charge in [-0.3, -0.25) is 14.4 Å². The molecule has 6 nitrogen and oxygen atoms in total. The number of esters is 1. The number of nitrogens with zero attached hydrogens (tertiary/aromatic N) is 1. The van der Waals surface area contributed by atoms with Gasteiger partial charge in [0.2, 0.25) is 5.91 Å². The van der Waals surface area contributed by atoms with Crippen molar-refractivity contribution in [3.63, 3.8) is 0 Å². The van der Waals surface area contributed by atoms with E-state index in [-0.39, 0.29) is 25.5 Å². The molecule has 1 aliphatic heterocycles. The van der Waals surface area contributed by atoms with Gasteiger partial charge in [0.15, 0.2) is 6.61 Å². The highest BCUT2D eigenvalue weighted by atomic mass is 79.9. The summed E-state index contributed by atoms with van der Waals surface area (Å²) in [5.74, 6) is -1.64. The lowest BCUT2D eigenvalue weighted by molar-refractivity contribution is -0.151. The highest BCUT2D eigenvalue weighted by molar-refractivity contribution is 9.10. The van der Waals surface area contributed by atoms with Crippen LogP contribution in [0.25, 0.3) is 0 Å². The Morgan fingerprint density at radius 3 is 2.50 bits per heavy atom. The average molecular weight is 473 g/mol. The number of anilines is 2. The fourth-order valence-corrected chi connectivity index (χ4v) is 3.82. The van der Waals surface area contributed by atoms with Crippen molar-refractivity contribution in [3.8, 4) is 0 Å². The lowest BCUT2D eigenvalue weighted by atomic mass is 10.1. The third-order valence-corrected chi connectivity index (χ3v) is 6.31. The molecule has 1 aliphatic rings. The van der Waals surface area contributed by atoms with Crippen LogP contribution < -0.4 is 10.2 Å². The molecule has 0 aliphatic carbocycles. The van der Waals surface area contributed by atoms with Gasteiger partial charge in [0.25, 0.3) is 5.91 Å². The quantitative estimate of drug-likeness (QED) is 0.640. The summed E-state index contributed by atoms with van der Waals surface area (Å²) < 4.78 is 6.15. The number of aryl methyl sites for hydroxylation is 1. The number of hydrogen-bond acceptors (Lipinski definition) is 4. The van der Waals surface area contributed by atoms with Crippen LogP contribution in [0.1, 0.15) is 30.0 Å². The van der Waals surface area contributed by atoms with Crippen molar-refractivity contribution in [3.05, 3.63) is 57.6 Å². The minimum atomic E-state index is -0.576. The van der Waals surface area contributed by atoms with Gasteiger partial charge in [-0.1, -0.05) is 35.0 Å². The molecule has 0 radical (unpaired) electrons. The summed E-state index contributed by atoms with van der Waals surface area (Å²) in [4.78, 5) is 38.6. The van der Waals surface area contributed by atoms with E-state index >= 15 is 0 Å². The third kappa shape index (κ3) is 4.90. The first-order valence-corrected chi connectivity index (χ1v) is 10.7. The number of halogens is 1. The first-order chi connectivity index (χ1) is 14.3. The molecule has 2 aromatic rings. The van der Waals surface area contributed by atoms with Gasteiger partial charge < -0.3 is 15.0 Å². The molecule has 2 amide bonds.